The van der Waals surface area contributed by atoms with Crippen molar-refractivity contribution in [1.82, 2.24) is 16.2 Å². The highest BCUT2D eigenvalue weighted by atomic mass is 19.1. The van der Waals surface area contributed by atoms with Crippen LogP contribution in [0.15, 0.2) is 24.3 Å². The monoisotopic (exact) mass is 417 g/mol. The maximum absolute atomic E-state index is 13.4. The van der Waals surface area contributed by atoms with Crippen molar-refractivity contribution in [3.8, 4) is 5.75 Å². The maximum atomic E-state index is 13.4. The van der Waals surface area contributed by atoms with E-state index in [1.54, 1.807) is 6.07 Å². The highest BCUT2D eigenvalue weighted by Crippen LogP contribution is 2.61. The highest BCUT2D eigenvalue weighted by Gasteiger charge is 2.51. The van der Waals surface area contributed by atoms with Crippen LogP contribution in [0.4, 0.5) is 4.39 Å². The van der Waals surface area contributed by atoms with Crippen LogP contribution in [-0.2, 0) is 14.4 Å². The quantitative estimate of drug-likeness (QED) is 0.592. The number of nitrogens with one attached hydrogen (secondary N) is 3. The van der Waals surface area contributed by atoms with Gasteiger partial charge in [0.2, 0.25) is 5.91 Å². The first-order valence-corrected chi connectivity index (χ1v) is 10.6. The number of hydrogen-bond donors (Lipinski definition) is 3. The second-order valence-corrected chi connectivity index (χ2v) is 9.19. The van der Waals surface area contributed by atoms with E-state index >= 15 is 0 Å². The summed E-state index contributed by atoms with van der Waals surface area (Å²) < 4.78 is 18.5. The number of carbonyl (C=O) groups is 3. The molecule has 4 aliphatic carbocycles. The zero-order chi connectivity index (χ0) is 21.1. The molecule has 3 amide bonds. The fraction of sp³-hybridized carbons (Fsp3) is 0.591. The molecule has 5 rings (SSSR count). The zero-order valence-electron chi connectivity index (χ0n) is 16.9. The standard InChI is InChI=1S/C22H28FN3O4/c23-17-3-1-2-4-18(17)30-13-21(29)26-25-20(28)12-24-19(27)11-22-8-14-5-15(9-22)7-16(6-14)10-22/h1-4,14-16H,5-13H2,(H,24,27)(H,25,28)(H,26,29). The van der Waals surface area contributed by atoms with E-state index in [1.165, 1.54) is 37.5 Å². The number of ether oxygens (including phenoxy) is 1. The van der Waals surface area contributed by atoms with E-state index in [1.807, 2.05) is 0 Å². The van der Waals surface area contributed by atoms with Crippen LogP contribution in [-0.4, -0.2) is 30.9 Å². The third kappa shape index (κ3) is 4.91. The molecule has 0 radical (unpaired) electrons. The molecule has 0 atom stereocenters. The molecule has 1 aromatic rings. The first-order chi connectivity index (χ1) is 14.4. The van der Waals surface area contributed by atoms with Gasteiger partial charge in [0.1, 0.15) is 0 Å². The Morgan fingerprint density at radius 1 is 0.933 bits per heavy atom. The summed E-state index contributed by atoms with van der Waals surface area (Å²) in [6.07, 6.45) is 7.85. The Balaban J connectivity index is 1.14. The Hall–Kier alpha value is -2.64. The second-order valence-electron chi connectivity index (χ2n) is 9.19. The van der Waals surface area contributed by atoms with Crippen molar-refractivity contribution in [3.05, 3.63) is 30.1 Å². The SMILES string of the molecule is O=C(CC12CC3CC(CC(C3)C1)C2)NCC(=O)NNC(=O)COc1ccccc1F. The van der Waals surface area contributed by atoms with Crippen molar-refractivity contribution in [3.63, 3.8) is 0 Å². The third-order valence-corrected chi connectivity index (χ3v) is 6.68. The molecule has 0 heterocycles. The number of amides is 3. The minimum absolute atomic E-state index is 0.0454. The first kappa shape index (κ1) is 20.6. The Labute approximate surface area is 175 Å². The molecule has 0 saturated heterocycles. The van der Waals surface area contributed by atoms with Gasteiger partial charge in [0.25, 0.3) is 11.8 Å². The molecule has 8 heteroatoms. The Bertz CT molecular complexity index is 793. The summed E-state index contributed by atoms with van der Waals surface area (Å²) in [7, 11) is 0. The molecule has 7 nitrogen and oxygen atoms in total. The maximum Gasteiger partial charge on any atom is 0.276 e. The predicted octanol–water partition coefficient (Wildman–Crippen LogP) is 2.07. The van der Waals surface area contributed by atoms with Gasteiger partial charge in [-0.15, -0.1) is 0 Å². The Kier molecular flexibility index (Phi) is 5.92. The fourth-order valence-corrected chi connectivity index (χ4v) is 6.01. The van der Waals surface area contributed by atoms with Crippen LogP contribution in [0.3, 0.4) is 0 Å². The summed E-state index contributed by atoms with van der Waals surface area (Å²) in [4.78, 5) is 36.1. The molecule has 0 unspecified atom stereocenters. The van der Waals surface area contributed by atoms with E-state index < -0.39 is 24.2 Å². The lowest BCUT2D eigenvalue weighted by atomic mass is 9.49. The third-order valence-electron chi connectivity index (χ3n) is 6.68. The topological polar surface area (TPSA) is 96.5 Å². The normalized spacial score (nSPS) is 28.6. The number of hydrogen-bond acceptors (Lipinski definition) is 4. The van der Waals surface area contributed by atoms with Gasteiger partial charge in [-0.1, -0.05) is 12.1 Å². The smallest absolute Gasteiger partial charge is 0.276 e. The Morgan fingerprint density at radius 2 is 1.53 bits per heavy atom. The van der Waals surface area contributed by atoms with E-state index in [0.29, 0.717) is 6.42 Å². The number of rotatable bonds is 7. The van der Waals surface area contributed by atoms with Gasteiger partial charge in [-0.3, -0.25) is 25.2 Å². The van der Waals surface area contributed by atoms with Crippen LogP contribution in [0, 0.1) is 29.0 Å². The highest BCUT2D eigenvalue weighted by molar-refractivity contribution is 5.87. The number of halogens is 1. The van der Waals surface area contributed by atoms with Crippen LogP contribution in [0.5, 0.6) is 5.75 Å². The van der Waals surface area contributed by atoms with Crippen LogP contribution >= 0.6 is 0 Å². The summed E-state index contributed by atoms with van der Waals surface area (Å²) >= 11 is 0. The van der Waals surface area contributed by atoms with Crippen LogP contribution in [0.25, 0.3) is 0 Å². The van der Waals surface area contributed by atoms with Crippen LogP contribution < -0.4 is 20.9 Å². The van der Waals surface area contributed by atoms with E-state index in [4.69, 9.17) is 4.74 Å². The fourth-order valence-electron chi connectivity index (χ4n) is 6.01. The summed E-state index contributed by atoms with van der Waals surface area (Å²) in [6, 6.07) is 5.73. The van der Waals surface area contributed by atoms with Crippen LogP contribution in [0.1, 0.15) is 44.9 Å². The minimum atomic E-state index is -0.633. The largest absolute Gasteiger partial charge is 0.481 e. The van der Waals surface area contributed by atoms with Gasteiger partial charge in [0, 0.05) is 6.42 Å². The van der Waals surface area contributed by atoms with Crippen LogP contribution in [0.2, 0.25) is 0 Å². The van der Waals surface area contributed by atoms with E-state index in [0.717, 1.165) is 37.0 Å². The van der Waals surface area contributed by atoms with Crippen molar-refractivity contribution < 1.29 is 23.5 Å². The van der Waals surface area contributed by atoms with E-state index in [2.05, 4.69) is 16.2 Å². The van der Waals surface area contributed by atoms with Gasteiger partial charge in [0.05, 0.1) is 6.54 Å². The molecule has 0 aliphatic heterocycles. The van der Waals surface area contributed by atoms with Crippen molar-refractivity contribution in [2.24, 2.45) is 23.2 Å². The molecular weight excluding hydrogens is 389 g/mol. The van der Waals surface area contributed by atoms with Crippen molar-refractivity contribution in [2.75, 3.05) is 13.2 Å². The van der Waals surface area contributed by atoms with Gasteiger partial charge >= 0.3 is 0 Å². The molecule has 0 aromatic heterocycles. The van der Waals surface area contributed by atoms with Gasteiger partial charge < -0.3 is 10.1 Å². The number of carbonyl (C=O) groups excluding carboxylic acids is 3. The molecule has 4 aliphatic rings. The summed E-state index contributed by atoms with van der Waals surface area (Å²) in [5, 5.41) is 2.66. The molecular formula is C22H28FN3O4. The summed E-state index contributed by atoms with van der Waals surface area (Å²) in [5.74, 6) is 0.422. The van der Waals surface area contributed by atoms with Gasteiger partial charge in [-0.05, 0) is 73.8 Å². The van der Waals surface area contributed by atoms with Gasteiger partial charge in [-0.2, -0.15) is 0 Å². The van der Waals surface area contributed by atoms with Crippen molar-refractivity contribution >= 4 is 17.7 Å². The average molecular weight is 417 g/mol. The lowest BCUT2D eigenvalue weighted by molar-refractivity contribution is -0.133. The molecule has 4 fully saturated rings. The molecule has 30 heavy (non-hydrogen) atoms. The lowest BCUT2D eigenvalue weighted by Crippen LogP contribution is -2.50. The zero-order valence-corrected chi connectivity index (χ0v) is 16.9. The molecule has 0 spiro atoms. The van der Waals surface area contributed by atoms with Gasteiger partial charge in [0.15, 0.2) is 18.2 Å². The Morgan fingerprint density at radius 3 is 2.17 bits per heavy atom. The van der Waals surface area contributed by atoms with Crippen molar-refractivity contribution in [1.29, 1.82) is 0 Å². The molecule has 1 aromatic carbocycles. The second kappa shape index (κ2) is 8.62. The molecule has 4 saturated carbocycles. The number of para-hydroxylation sites is 1. The average Bonchev–Trinajstić information content (AvgIpc) is 2.68. The van der Waals surface area contributed by atoms with E-state index in [9.17, 15) is 18.8 Å². The minimum Gasteiger partial charge on any atom is -0.481 e. The summed E-state index contributed by atoms with van der Waals surface area (Å²) in [5.41, 5.74) is 4.53. The number of hydrazine groups is 1. The lowest BCUT2D eigenvalue weighted by Gasteiger charge is -2.56. The predicted molar refractivity (Wildman–Crippen MR) is 106 cm³/mol. The first-order valence-electron chi connectivity index (χ1n) is 10.6. The molecule has 162 valence electrons. The van der Waals surface area contributed by atoms with Crippen molar-refractivity contribution in [2.45, 2.75) is 44.9 Å². The summed E-state index contributed by atoms with van der Waals surface area (Å²) in [6.45, 7) is -0.654. The number of benzene rings is 1. The molecule has 3 N–H and O–H groups in total. The molecule has 4 bridgehead atoms. The van der Waals surface area contributed by atoms with E-state index in [-0.39, 0.29) is 23.6 Å². The van der Waals surface area contributed by atoms with Gasteiger partial charge in [-0.25, -0.2) is 4.39 Å².